The maximum atomic E-state index is 13.2. The van der Waals surface area contributed by atoms with Crippen molar-refractivity contribution in [3.63, 3.8) is 0 Å². The van der Waals surface area contributed by atoms with Crippen LogP contribution in [0.4, 0.5) is 5.69 Å². The molecule has 0 radical (unpaired) electrons. The molecule has 0 aliphatic rings. The standard InChI is InChI=1S/C17H19N5O4S2/c1-10-13(14-15(27-10)20-9-22(17(14)24)6-7-26-3)16(23)21(2)11-4-5-12(19-8-11)28(18)25/h4-5,8-9H,6-7,18H2,1-3H3. The third-order valence-electron chi connectivity index (χ3n) is 4.22. The van der Waals surface area contributed by atoms with Crippen molar-refractivity contribution in [2.75, 3.05) is 25.7 Å². The number of amides is 1. The van der Waals surface area contributed by atoms with Gasteiger partial charge in [0.25, 0.3) is 16.5 Å². The first-order valence-electron chi connectivity index (χ1n) is 8.23. The molecule has 2 N–H and O–H groups in total. The summed E-state index contributed by atoms with van der Waals surface area (Å²) in [5.41, 5.74) is 0.523. The molecule has 3 rings (SSSR count). The number of fused-ring (bicyclic) bond motifs is 1. The van der Waals surface area contributed by atoms with Crippen LogP contribution in [0.3, 0.4) is 0 Å². The molecule has 0 aromatic carbocycles. The van der Waals surface area contributed by atoms with Crippen LogP contribution in [0.2, 0.25) is 0 Å². The molecule has 1 unspecified atom stereocenters. The van der Waals surface area contributed by atoms with Crippen LogP contribution in [0.1, 0.15) is 15.2 Å². The van der Waals surface area contributed by atoms with Gasteiger partial charge in [0.05, 0.1) is 53.7 Å². The average Bonchev–Trinajstić information content (AvgIpc) is 3.03. The Labute approximate surface area is 168 Å². The number of pyridine rings is 1. The molecule has 3 heterocycles. The van der Waals surface area contributed by atoms with Crippen molar-refractivity contribution in [1.82, 2.24) is 14.5 Å². The summed E-state index contributed by atoms with van der Waals surface area (Å²) >= 11 is -0.400. The van der Waals surface area contributed by atoms with Gasteiger partial charge in [0, 0.05) is 25.1 Å². The van der Waals surface area contributed by atoms with Gasteiger partial charge in [-0.1, -0.05) is 0 Å². The number of nitrogens with two attached hydrogens (primary N) is 1. The molecular weight excluding hydrogens is 402 g/mol. The van der Waals surface area contributed by atoms with Gasteiger partial charge in [-0.25, -0.2) is 9.97 Å². The third kappa shape index (κ3) is 3.80. The Morgan fingerprint density at radius 2 is 2.18 bits per heavy atom. The Morgan fingerprint density at radius 3 is 2.79 bits per heavy atom. The number of rotatable bonds is 6. The first kappa shape index (κ1) is 20.4. The number of nitrogens with zero attached hydrogens (tertiary/aromatic N) is 4. The largest absolute Gasteiger partial charge is 0.592 e. The monoisotopic (exact) mass is 421 g/mol. The van der Waals surface area contributed by atoms with Crippen molar-refractivity contribution in [1.29, 1.82) is 0 Å². The summed E-state index contributed by atoms with van der Waals surface area (Å²) in [4.78, 5) is 37.0. The predicted molar refractivity (Wildman–Crippen MR) is 108 cm³/mol. The van der Waals surface area contributed by atoms with Crippen molar-refractivity contribution >= 4 is 44.5 Å². The zero-order valence-electron chi connectivity index (χ0n) is 15.5. The van der Waals surface area contributed by atoms with Crippen molar-refractivity contribution in [2.45, 2.75) is 18.5 Å². The van der Waals surface area contributed by atoms with Crippen LogP contribution in [0.5, 0.6) is 0 Å². The topological polar surface area (TPSA) is 126 Å². The minimum Gasteiger partial charge on any atom is -0.592 e. The van der Waals surface area contributed by atoms with Gasteiger partial charge in [0.15, 0.2) is 0 Å². The van der Waals surface area contributed by atoms with E-state index >= 15 is 0 Å². The minimum atomic E-state index is -1.70. The van der Waals surface area contributed by atoms with E-state index in [0.29, 0.717) is 39.5 Å². The quantitative estimate of drug-likeness (QED) is 0.590. The number of hydrogen-bond donors (Lipinski definition) is 1. The number of carbonyl (C=O) groups is 1. The second-order valence-electron chi connectivity index (χ2n) is 5.97. The van der Waals surface area contributed by atoms with Crippen LogP contribution in [0, 0.1) is 6.92 Å². The summed E-state index contributed by atoms with van der Waals surface area (Å²) < 4.78 is 17.7. The molecule has 11 heteroatoms. The molecule has 0 saturated carbocycles. The lowest BCUT2D eigenvalue weighted by Gasteiger charge is -2.17. The first-order chi connectivity index (χ1) is 13.3. The highest BCUT2D eigenvalue weighted by atomic mass is 32.2. The van der Waals surface area contributed by atoms with Gasteiger partial charge < -0.3 is 14.2 Å². The SMILES string of the molecule is COCCn1cnc2sc(C)c(C(=O)N(C)c3ccc([S+](N)[O-])nc3)c2c1=O. The Kier molecular flexibility index (Phi) is 6.10. The molecule has 1 atom stereocenters. The highest BCUT2D eigenvalue weighted by Gasteiger charge is 2.24. The minimum absolute atomic E-state index is 0.215. The second-order valence-corrected chi connectivity index (χ2v) is 8.18. The van der Waals surface area contributed by atoms with E-state index in [9.17, 15) is 14.1 Å². The van der Waals surface area contributed by atoms with Gasteiger partial charge >= 0.3 is 0 Å². The molecule has 3 aromatic rings. The van der Waals surface area contributed by atoms with E-state index in [2.05, 4.69) is 9.97 Å². The predicted octanol–water partition coefficient (Wildman–Crippen LogP) is 1.07. The van der Waals surface area contributed by atoms with Gasteiger partial charge in [-0.2, -0.15) is 0 Å². The molecule has 0 saturated heterocycles. The van der Waals surface area contributed by atoms with E-state index in [1.807, 2.05) is 0 Å². The Bertz CT molecular complexity index is 1060. The zero-order valence-corrected chi connectivity index (χ0v) is 17.2. The van der Waals surface area contributed by atoms with E-state index in [1.165, 1.54) is 39.4 Å². The summed E-state index contributed by atoms with van der Waals surface area (Å²) in [6, 6.07) is 3.09. The molecule has 9 nitrogen and oxygen atoms in total. The first-order valence-corrected chi connectivity index (χ1v) is 10.3. The van der Waals surface area contributed by atoms with Crippen LogP contribution >= 0.6 is 11.3 Å². The van der Waals surface area contributed by atoms with E-state index in [-0.39, 0.29) is 16.5 Å². The molecule has 0 spiro atoms. The number of methoxy groups -OCH3 is 1. The van der Waals surface area contributed by atoms with Gasteiger partial charge in [-0.3, -0.25) is 14.2 Å². The number of carbonyl (C=O) groups excluding carboxylic acids is 1. The normalized spacial score (nSPS) is 12.3. The Morgan fingerprint density at radius 1 is 1.43 bits per heavy atom. The lowest BCUT2D eigenvalue weighted by Crippen LogP contribution is -2.29. The second kappa shape index (κ2) is 8.37. The Hall–Kier alpha value is -2.31. The molecule has 1 amide bonds. The number of aryl methyl sites for hydroxylation is 1. The number of thiophene rings is 1. The molecule has 0 fully saturated rings. The fourth-order valence-corrected chi connectivity index (χ4v) is 4.05. The third-order valence-corrected chi connectivity index (χ3v) is 5.89. The Balaban J connectivity index is 2.02. The molecule has 148 valence electrons. The summed E-state index contributed by atoms with van der Waals surface area (Å²) in [5.74, 6) is -0.351. The van der Waals surface area contributed by atoms with Crippen LogP contribution in [0.15, 0.2) is 34.5 Å². The maximum absolute atomic E-state index is 13.2. The average molecular weight is 422 g/mol. The summed E-state index contributed by atoms with van der Waals surface area (Å²) in [5, 5.41) is 5.81. The number of aromatic nitrogens is 3. The van der Waals surface area contributed by atoms with Crippen LogP contribution in [0.25, 0.3) is 10.2 Å². The summed E-state index contributed by atoms with van der Waals surface area (Å²) in [6.07, 6.45) is 2.88. The van der Waals surface area contributed by atoms with Crippen molar-refractivity contribution < 1.29 is 14.1 Å². The van der Waals surface area contributed by atoms with E-state index in [4.69, 9.17) is 9.88 Å². The highest BCUT2D eigenvalue weighted by molar-refractivity contribution is 7.89. The zero-order chi connectivity index (χ0) is 20.4. The van der Waals surface area contributed by atoms with Crippen molar-refractivity contribution in [3.05, 3.63) is 45.5 Å². The van der Waals surface area contributed by atoms with Gasteiger partial charge in [0.2, 0.25) is 0 Å². The number of ether oxygens (including phenoxy) is 1. The van der Waals surface area contributed by atoms with Crippen LogP contribution in [-0.2, 0) is 22.6 Å². The van der Waals surface area contributed by atoms with Gasteiger partial charge in [-0.15, -0.1) is 16.5 Å². The van der Waals surface area contributed by atoms with E-state index < -0.39 is 11.4 Å². The van der Waals surface area contributed by atoms with Crippen molar-refractivity contribution in [2.24, 2.45) is 5.14 Å². The van der Waals surface area contributed by atoms with Crippen LogP contribution < -0.4 is 15.6 Å². The molecule has 28 heavy (non-hydrogen) atoms. The fourth-order valence-electron chi connectivity index (χ4n) is 2.72. The molecular formula is C17H19N5O4S2. The summed E-state index contributed by atoms with van der Waals surface area (Å²) in [6.45, 7) is 2.49. The number of hydrogen-bond acceptors (Lipinski definition) is 8. The van der Waals surface area contributed by atoms with Crippen molar-refractivity contribution in [3.8, 4) is 0 Å². The molecule has 0 bridgehead atoms. The lowest BCUT2D eigenvalue weighted by atomic mass is 10.1. The molecule has 0 aliphatic heterocycles. The molecule has 3 aromatic heterocycles. The van der Waals surface area contributed by atoms with Gasteiger partial charge in [-0.05, 0) is 13.0 Å². The van der Waals surface area contributed by atoms with Gasteiger partial charge in [0.1, 0.15) is 4.83 Å². The van der Waals surface area contributed by atoms with E-state index in [1.54, 1.807) is 27.1 Å². The molecule has 0 aliphatic carbocycles. The van der Waals surface area contributed by atoms with E-state index in [0.717, 1.165) is 0 Å². The number of anilines is 1. The van der Waals surface area contributed by atoms with Crippen LogP contribution in [-0.4, -0.2) is 45.8 Å². The fraction of sp³-hybridized carbons (Fsp3) is 0.294. The summed E-state index contributed by atoms with van der Waals surface area (Å²) in [7, 11) is 3.14. The highest BCUT2D eigenvalue weighted by Crippen LogP contribution is 2.29. The lowest BCUT2D eigenvalue weighted by molar-refractivity contribution is 0.0994. The maximum Gasteiger partial charge on any atom is 0.265 e. The smallest absolute Gasteiger partial charge is 0.265 e.